The highest BCUT2D eigenvalue weighted by Crippen LogP contribution is 2.37. The van der Waals surface area contributed by atoms with Gasteiger partial charge < -0.3 is 5.11 Å². The molecule has 0 spiro atoms. The molecule has 126 valence electrons. The molecule has 1 rings (SSSR count). The van der Waals surface area contributed by atoms with Crippen LogP contribution in [0.5, 0.6) is 5.75 Å². The minimum atomic E-state index is 0.485. The van der Waals surface area contributed by atoms with Crippen LogP contribution in [0.25, 0.3) is 0 Å². The van der Waals surface area contributed by atoms with Gasteiger partial charge in [-0.25, -0.2) is 0 Å². The predicted octanol–water partition coefficient (Wildman–Crippen LogP) is 7.05. The standard InChI is InChI=1S/C21H36O/c1-4-6-7-8-9-10-11-15-19(18(3)14-5-2)20-16-12-13-17-21(20)22/h12-13,16-19,22H,4-11,14-15H2,1-3H3. The van der Waals surface area contributed by atoms with E-state index in [4.69, 9.17) is 0 Å². The number of aromatic hydroxyl groups is 1. The Balaban J connectivity index is 2.48. The molecule has 0 heterocycles. The van der Waals surface area contributed by atoms with Crippen LogP contribution in [0.3, 0.4) is 0 Å². The Morgan fingerprint density at radius 3 is 2.09 bits per heavy atom. The van der Waals surface area contributed by atoms with Crippen LogP contribution in [-0.4, -0.2) is 5.11 Å². The van der Waals surface area contributed by atoms with Crippen molar-refractivity contribution in [2.45, 2.75) is 90.9 Å². The van der Waals surface area contributed by atoms with Crippen LogP contribution >= 0.6 is 0 Å². The summed E-state index contributed by atoms with van der Waals surface area (Å²) in [6.07, 6.45) is 13.2. The molecule has 22 heavy (non-hydrogen) atoms. The summed E-state index contributed by atoms with van der Waals surface area (Å²) in [5.74, 6) is 1.65. The zero-order valence-electron chi connectivity index (χ0n) is 15.0. The molecule has 0 saturated heterocycles. The molecule has 0 bridgehead atoms. The first kappa shape index (κ1) is 19.1. The van der Waals surface area contributed by atoms with E-state index in [0.29, 0.717) is 17.6 Å². The number of unbranched alkanes of at least 4 members (excludes halogenated alkanes) is 6. The zero-order chi connectivity index (χ0) is 16.2. The summed E-state index contributed by atoms with van der Waals surface area (Å²) in [7, 11) is 0. The van der Waals surface area contributed by atoms with E-state index in [1.54, 1.807) is 0 Å². The van der Waals surface area contributed by atoms with E-state index in [0.717, 1.165) is 5.56 Å². The fourth-order valence-electron chi connectivity index (χ4n) is 3.53. The molecule has 0 fully saturated rings. The molecule has 0 radical (unpaired) electrons. The largest absolute Gasteiger partial charge is 0.508 e. The Bertz CT molecular complexity index is 385. The summed E-state index contributed by atoms with van der Waals surface area (Å²) < 4.78 is 0. The lowest BCUT2D eigenvalue weighted by Gasteiger charge is -2.25. The van der Waals surface area contributed by atoms with E-state index in [1.165, 1.54) is 64.2 Å². The molecule has 2 unspecified atom stereocenters. The van der Waals surface area contributed by atoms with Gasteiger partial charge in [-0.1, -0.05) is 96.8 Å². The maximum atomic E-state index is 10.2. The topological polar surface area (TPSA) is 20.2 Å². The second-order valence-electron chi connectivity index (χ2n) is 6.84. The molecule has 0 aliphatic rings. The number of phenols is 1. The maximum absolute atomic E-state index is 10.2. The monoisotopic (exact) mass is 304 g/mol. The Labute approximate surface area is 138 Å². The van der Waals surface area contributed by atoms with Crippen molar-refractivity contribution in [2.24, 2.45) is 5.92 Å². The number of hydrogen-bond donors (Lipinski definition) is 1. The van der Waals surface area contributed by atoms with Crippen molar-refractivity contribution in [1.29, 1.82) is 0 Å². The third kappa shape index (κ3) is 6.85. The maximum Gasteiger partial charge on any atom is 0.119 e. The summed E-state index contributed by atoms with van der Waals surface area (Å²) in [6, 6.07) is 7.94. The summed E-state index contributed by atoms with van der Waals surface area (Å²) in [4.78, 5) is 0. The van der Waals surface area contributed by atoms with Gasteiger partial charge in [0.15, 0.2) is 0 Å². The van der Waals surface area contributed by atoms with Gasteiger partial charge in [0.1, 0.15) is 5.75 Å². The Morgan fingerprint density at radius 1 is 0.818 bits per heavy atom. The summed E-state index contributed by atoms with van der Waals surface area (Å²) in [5.41, 5.74) is 1.16. The van der Waals surface area contributed by atoms with Gasteiger partial charge in [-0.2, -0.15) is 0 Å². The van der Waals surface area contributed by atoms with E-state index >= 15 is 0 Å². The predicted molar refractivity (Wildman–Crippen MR) is 97.5 cm³/mol. The average Bonchev–Trinajstić information content (AvgIpc) is 2.51. The first-order chi connectivity index (χ1) is 10.7. The SMILES string of the molecule is CCCCCCCCCC(c1ccccc1O)C(C)CCC. The number of phenolic OH excluding ortho intramolecular Hbond substituents is 1. The van der Waals surface area contributed by atoms with Crippen molar-refractivity contribution in [2.75, 3.05) is 0 Å². The second kappa shape index (κ2) is 11.6. The summed E-state index contributed by atoms with van der Waals surface area (Å²) in [6.45, 7) is 6.88. The van der Waals surface area contributed by atoms with Gasteiger partial charge >= 0.3 is 0 Å². The van der Waals surface area contributed by atoms with Crippen LogP contribution in [0.2, 0.25) is 0 Å². The summed E-state index contributed by atoms with van der Waals surface area (Å²) >= 11 is 0. The second-order valence-corrected chi connectivity index (χ2v) is 6.84. The minimum absolute atomic E-state index is 0.485. The highest BCUT2D eigenvalue weighted by Gasteiger charge is 2.20. The van der Waals surface area contributed by atoms with Gasteiger partial charge in [-0.15, -0.1) is 0 Å². The molecule has 1 heteroatoms. The highest BCUT2D eigenvalue weighted by atomic mass is 16.3. The molecule has 0 saturated carbocycles. The van der Waals surface area contributed by atoms with Crippen LogP contribution in [0.15, 0.2) is 24.3 Å². The lowest BCUT2D eigenvalue weighted by atomic mass is 9.80. The van der Waals surface area contributed by atoms with Crippen molar-refractivity contribution in [3.05, 3.63) is 29.8 Å². The van der Waals surface area contributed by atoms with Crippen LogP contribution < -0.4 is 0 Å². The van der Waals surface area contributed by atoms with Gasteiger partial charge in [0, 0.05) is 0 Å². The average molecular weight is 305 g/mol. The Hall–Kier alpha value is -0.980. The van der Waals surface area contributed by atoms with Crippen molar-refractivity contribution in [3.63, 3.8) is 0 Å². The fourth-order valence-corrected chi connectivity index (χ4v) is 3.53. The first-order valence-electron chi connectivity index (χ1n) is 9.48. The van der Waals surface area contributed by atoms with Crippen molar-refractivity contribution in [1.82, 2.24) is 0 Å². The number of rotatable bonds is 12. The molecular weight excluding hydrogens is 268 g/mol. The van der Waals surface area contributed by atoms with Crippen LogP contribution in [0.1, 0.15) is 96.5 Å². The molecular formula is C21H36O. The minimum Gasteiger partial charge on any atom is -0.508 e. The number of hydrogen-bond acceptors (Lipinski definition) is 1. The number of benzene rings is 1. The highest BCUT2D eigenvalue weighted by molar-refractivity contribution is 5.35. The van der Waals surface area contributed by atoms with E-state index in [-0.39, 0.29) is 0 Å². The summed E-state index contributed by atoms with van der Waals surface area (Å²) in [5, 5.41) is 10.2. The van der Waals surface area contributed by atoms with Gasteiger partial charge in [-0.05, 0) is 29.9 Å². The molecule has 1 aromatic rings. The Kier molecular flexibility index (Phi) is 10.0. The molecule has 1 nitrogen and oxygen atoms in total. The van der Waals surface area contributed by atoms with Crippen molar-refractivity contribution >= 4 is 0 Å². The molecule has 1 aromatic carbocycles. The molecule has 0 aliphatic carbocycles. The van der Waals surface area contributed by atoms with Gasteiger partial charge in [0.2, 0.25) is 0 Å². The van der Waals surface area contributed by atoms with Crippen molar-refractivity contribution < 1.29 is 5.11 Å². The lowest BCUT2D eigenvalue weighted by Crippen LogP contribution is -2.10. The smallest absolute Gasteiger partial charge is 0.119 e. The van der Waals surface area contributed by atoms with Gasteiger partial charge in [-0.3, -0.25) is 0 Å². The first-order valence-corrected chi connectivity index (χ1v) is 9.48. The molecule has 2 atom stereocenters. The number of para-hydroxylation sites is 1. The third-order valence-corrected chi connectivity index (χ3v) is 4.89. The quantitative estimate of drug-likeness (QED) is 0.410. The van der Waals surface area contributed by atoms with E-state index in [2.05, 4.69) is 32.9 Å². The van der Waals surface area contributed by atoms with Crippen LogP contribution in [0.4, 0.5) is 0 Å². The van der Waals surface area contributed by atoms with E-state index in [1.807, 2.05) is 12.1 Å². The molecule has 0 aromatic heterocycles. The fraction of sp³-hybridized carbons (Fsp3) is 0.714. The van der Waals surface area contributed by atoms with Crippen LogP contribution in [0, 0.1) is 5.92 Å². The molecule has 0 amide bonds. The van der Waals surface area contributed by atoms with Gasteiger partial charge in [0.25, 0.3) is 0 Å². The normalized spacial score (nSPS) is 14.0. The lowest BCUT2D eigenvalue weighted by molar-refractivity contribution is 0.373. The Morgan fingerprint density at radius 2 is 1.45 bits per heavy atom. The van der Waals surface area contributed by atoms with E-state index < -0.39 is 0 Å². The van der Waals surface area contributed by atoms with Crippen molar-refractivity contribution in [3.8, 4) is 5.75 Å². The zero-order valence-corrected chi connectivity index (χ0v) is 15.0. The van der Waals surface area contributed by atoms with Crippen LogP contribution in [-0.2, 0) is 0 Å². The van der Waals surface area contributed by atoms with E-state index in [9.17, 15) is 5.11 Å². The van der Waals surface area contributed by atoms with Gasteiger partial charge in [0.05, 0.1) is 0 Å². The molecule has 0 aliphatic heterocycles. The molecule has 1 N–H and O–H groups in total. The third-order valence-electron chi connectivity index (χ3n) is 4.89.